The van der Waals surface area contributed by atoms with Gasteiger partial charge in [-0.2, -0.15) is 0 Å². The van der Waals surface area contributed by atoms with Crippen LogP contribution < -0.4 is 15.4 Å². The van der Waals surface area contributed by atoms with Crippen LogP contribution in [0, 0.1) is 6.92 Å². The van der Waals surface area contributed by atoms with E-state index in [1.807, 2.05) is 55.5 Å². The van der Waals surface area contributed by atoms with Gasteiger partial charge in [0.1, 0.15) is 12.4 Å². The van der Waals surface area contributed by atoms with Crippen molar-refractivity contribution < 1.29 is 9.53 Å². The quantitative estimate of drug-likeness (QED) is 0.803. The van der Waals surface area contributed by atoms with E-state index in [4.69, 9.17) is 4.74 Å². The number of aryl methyl sites for hydroxylation is 1. The second-order valence-corrected chi connectivity index (χ2v) is 5.36. The van der Waals surface area contributed by atoms with Gasteiger partial charge in [-0.05, 0) is 36.8 Å². The molecule has 2 rings (SSSR count). The van der Waals surface area contributed by atoms with Crippen LogP contribution in [-0.2, 0) is 0 Å². The van der Waals surface area contributed by atoms with E-state index in [2.05, 4.69) is 26.6 Å². The maximum absolute atomic E-state index is 11.7. The van der Waals surface area contributed by atoms with E-state index >= 15 is 0 Å². The first-order chi connectivity index (χ1) is 10.1. The summed E-state index contributed by atoms with van der Waals surface area (Å²) in [7, 11) is 0. The Hall–Kier alpha value is -2.01. The zero-order valence-electron chi connectivity index (χ0n) is 11.7. The molecule has 0 radical (unpaired) electrons. The smallest absolute Gasteiger partial charge is 0.319 e. The third kappa shape index (κ3) is 5.11. The number of hydrogen-bond acceptors (Lipinski definition) is 2. The van der Waals surface area contributed by atoms with E-state index < -0.39 is 0 Å². The Kier molecular flexibility index (Phi) is 5.63. The highest BCUT2D eigenvalue weighted by Crippen LogP contribution is 2.20. The molecule has 0 spiro atoms. The number of urea groups is 1. The SMILES string of the molecule is Cc1ccc(NC(=O)NCCOc2ccccc2)cc1Br. The second kappa shape index (κ2) is 7.69. The Morgan fingerprint density at radius 2 is 1.95 bits per heavy atom. The summed E-state index contributed by atoms with van der Waals surface area (Å²) in [4.78, 5) is 11.7. The fourth-order valence-electron chi connectivity index (χ4n) is 1.70. The summed E-state index contributed by atoms with van der Waals surface area (Å²) >= 11 is 3.43. The Morgan fingerprint density at radius 3 is 2.67 bits per heavy atom. The molecule has 0 unspecified atom stereocenters. The van der Waals surface area contributed by atoms with E-state index in [1.165, 1.54) is 0 Å². The molecule has 0 aliphatic heterocycles. The molecule has 2 amide bonds. The highest BCUT2D eigenvalue weighted by atomic mass is 79.9. The van der Waals surface area contributed by atoms with E-state index in [0.29, 0.717) is 13.2 Å². The third-order valence-corrected chi connectivity index (χ3v) is 3.68. The van der Waals surface area contributed by atoms with E-state index in [9.17, 15) is 4.79 Å². The zero-order valence-corrected chi connectivity index (χ0v) is 13.3. The Morgan fingerprint density at radius 1 is 1.19 bits per heavy atom. The van der Waals surface area contributed by atoms with Gasteiger partial charge in [-0.25, -0.2) is 4.79 Å². The summed E-state index contributed by atoms with van der Waals surface area (Å²) in [6.07, 6.45) is 0. The van der Waals surface area contributed by atoms with Gasteiger partial charge in [0, 0.05) is 10.2 Å². The average Bonchev–Trinajstić information content (AvgIpc) is 2.49. The summed E-state index contributed by atoms with van der Waals surface area (Å²) < 4.78 is 6.46. The molecule has 0 saturated heterocycles. The van der Waals surface area contributed by atoms with E-state index in [-0.39, 0.29) is 6.03 Å². The lowest BCUT2D eigenvalue weighted by Crippen LogP contribution is -2.32. The van der Waals surface area contributed by atoms with E-state index in [0.717, 1.165) is 21.5 Å². The average molecular weight is 349 g/mol. The number of carbonyl (C=O) groups is 1. The van der Waals surface area contributed by atoms with Crippen molar-refractivity contribution in [1.82, 2.24) is 5.32 Å². The first-order valence-electron chi connectivity index (χ1n) is 6.64. The largest absolute Gasteiger partial charge is 0.492 e. The highest BCUT2D eigenvalue weighted by Gasteiger charge is 2.03. The molecule has 0 atom stereocenters. The number of rotatable bonds is 5. The van der Waals surface area contributed by atoms with Crippen molar-refractivity contribution >= 4 is 27.6 Å². The molecule has 0 aromatic heterocycles. The van der Waals surface area contributed by atoms with Crippen LogP contribution in [0.3, 0.4) is 0 Å². The van der Waals surface area contributed by atoms with Crippen molar-refractivity contribution in [2.75, 3.05) is 18.5 Å². The molecular formula is C16H17BrN2O2. The van der Waals surface area contributed by atoms with Gasteiger partial charge in [0.15, 0.2) is 0 Å². The molecule has 0 bridgehead atoms. The van der Waals surface area contributed by atoms with Gasteiger partial charge in [-0.1, -0.05) is 40.2 Å². The molecule has 2 aromatic rings. The topological polar surface area (TPSA) is 50.4 Å². The Bertz CT molecular complexity index is 602. The standard InChI is InChI=1S/C16H17BrN2O2/c1-12-7-8-13(11-15(12)17)19-16(20)18-9-10-21-14-5-3-2-4-6-14/h2-8,11H,9-10H2,1H3,(H2,18,19,20). The molecule has 110 valence electrons. The zero-order chi connectivity index (χ0) is 15.1. The first-order valence-corrected chi connectivity index (χ1v) is 7.43. The van der Waals surface area contributed by atoms with Gasteiger partial charge in [0.2, 0.25) is 0 Å². The Labute approximate surface area is 132 Å². The Balaban J connectivity index is 1.71. The summed E-state index contributed by atoms with van der Waals surface area (Å²) in [5.41, 5.74) is 1.87. The molecule has 0 saturated carbocycles. The lowest BCUT2D eigenvalue weighted by molar-refractivity contribution is 0.247. The summed E-state index contributed by atoms with van der Waals surface area (Å²) in [5, 5.41) is 5.52. The molecule has 21 heavy (non-hydrogen) atoms. The number of amides is 2. The van der Waals surface area contributed by atoms with Gasteiger partial charge in [0.25, 0.3) is 0 Å². The number of ether oxygens (including phenoxy) is 1. The van der Waals surface area contributed by atoms with Crippen molar-refractivity contribution in [2.24, 2.45) is 0 Å². The minimum absolute atomic E-state index is 0.248. The minimum atomic E-state index is -0.248. The number of anilines is 1. The fraction of sp³-hybridized carbons (Fsp3) is 0.188. The van der Waals surface area contributed by atoms with Crippen molar-refractivity contribution in [3.05, 3.63) is 58.6 Å². The predicted octanol–water partition coefficient (Wildman–Crippen LogP) is 3.96. The van der Waals surface area contributed by atoms with Crippen molar-refractivity contribution in [1.29, 1.82) is 0 Å². The number of carbonyl (C=O) groups excluding carboxylic acids is 1. The lowest BCUT2D eigenvalue weighted by atomic mass is 10.2. The molecular weight excluding hydrogens is 332 g/mol. The monoisotopic (exact) mass is 348 g/mol. The maximum Gasteiger partial charge on any atom is 0.319 e. The number of nitrogens with one attached hydrogen (secondary N) is 2. The second-order valence-electron chi connectivity index (χ2n) is 4.51. The maximum atomic E-state index is 11.7. The normalized spacial score (nSPS) is 10.0. The molecule has 4 nitrogen and oxygen atoms in total. The van der Waals surface area contributed by atoms with Crippen LogP contribution >= 0.6 is 15.9 Å². The molecule has 2 aromatic carbocycles. The van der Waals surface area contributed by atoms with Crippen LogP contribution in [0.25, 0.3) is 0 Å². The van der Waals surface area contributed by atoms with Gasteiger partial charge in [-0.3, -0.25) is 0 Å². The summed E-state index contributed by atoms with van der Waals surface area (Å²) in [6, 6.07) is 14.9. The van der Waals surface area contributed by atoms with Crippen molar-refractivity contribution in [3.8, 4) is 5.75 Å². The highest BCUT2D eigenvalue weighted by molar-refractivity contribution is 9.10. The minimum Gasteiger partial charge on any atom is -0.492 e. The van der Waals surface area contributed by atoms with Crippen molar-refractivity contribution in [3.63, 3.8) is 0 Å². The van der Waals surface area contributed by atoms with Crippen LogP contribution in [0.2, 0.25) is 0 Å². The van der Waals surface area contributed by atoms with Crippen LogP contribution in [0.1, 0.15) is 5.56 Å². The molecule has 0 heterocycles. The van der Waals surface area contributed by atoms with Crippen LogP contribution in [-0.4, -0.2) is 19.2 Å². The molecule has 0 aliphatic rings. The molecule has 5 heteroatoms. The van der Waals surface area contributed by atoms with Gasteiger partial charge >= 0.3 is 6.03 Å². The van der Waals surface area contributed by atoms with Gasteiger partial charge < -0.3 is 15.4 Å². The van der Waals surface area contributed by atoms with Crippen LogP contribution in [0.4, 0.5) is 10.5 Å². The first kappa shape index (κ1) is 15.4. The predicted molar refractivity (Wildman–Crippen MR) is 87.8 cm³/mol. The lowest BCUT2D eigenvalue weighted by Gasteiger charge is -2.09. The summed E-state index contributed by atoms with van der Waals surface area (Å²) in [5.74, 6) is 0.794. The number of hydrogen-bond donors (Lipinski definition) is 2. The van der Waals surface area contributed by atoms with Gasteiger partial charge in [-0.15, -0.1) is 0 Å². The van der Waals surface area contributed by atoms with Crippen LogP contribution in [0.15, 0.2) is 53.0 Å². The number of halogens is 1. The summed E-state index contributed by atoms with van der Waals surface area (Å²) in [6.45, 7) is 2.86. The van der Waals surface area contributed by atoms with E-state index in [1.54, 1.807) is 0 Å². The molecule has 2 N–H and O–H groups in total. The number of benzene rings is 2. The molecule has 0 aliphatic carbocycles. The van der Waals surface area contributed by atoms with Crippen molar-refractivity contribution in [2.45, 2.75) is 6.92 Å². The van der Waals surface area contributed by atoms with Gasteiger partial charge in [0.05, 0.1) is 6.54 Å². The fourth-order valence-corrected chi connectivity index (χ4v) is 2.07. The third-order valence-electron chi connectivity index (χ3n) is 2.83. The molecule has 0 fully saturated rings. The van der Waals surface area contributed by atoms with Crippen LogP contribution in [0.5, 0.6) is 5.75 Å². The number of para-hydroxylation sites is 1.